The number of rotatable bonds is 7. The molecule has 0 bridgehead atoms. The number of aromatic nitrogens is 4. The van der Waals surface area contributed by atoms with Gasteiger partial charge in [-0.1, -0.05) is 24.3 Å². The number of hydrogen-bond acceptors (Lipinski definition) is 3. The fourth-order valence-corrected chi connectivity index (χ4v) is 3.28. The van der Waals surface area contributed by atoms with Crippen molar-refractivity contribution in [3.63, 3.8) is 0 Å². The minimum absolute atomic E-state index is 0.00773. The van der Waals surface area contributed by atoms with Gasteiger partial charge in [0.15, 0.2) is 5.65 Å². The number of amides is 1. The topological polar surface area (TPSA) is 84.2 Å². The Balaban J connectivity index is 1.25. The number of benzene rings is 1. The van der Waals surface area contributed by atoms with E-state index >= 15 is 0 Å². The summed E-state index contributed by atoms with van der Waals surface area (Å²) in [6.45, 7) is 0.740. The van der Waals surface area contributed by atoms with Crippen LogP contribution in [-0.4, -0.2) is 31.6 Å². The number of hydrogen-bond donors (Lipinski definition) is 2. The van der Waals surface area contributed by atoms with E-state index in [2.05, 4.69) is 21.5 Å². The highest BCUT2D eigenvalue weighted by molar-refractivity contribution is 5.83. The van der Waals surface area contributed by atoms with Gasteiger partial charge in [0, 0.05) is 36.3 Å². The second-order valence-corrected chi connectivity index (χ2v) is 6.50. The van der Waals surface area contributed by atoms with Crippen molar-refractivity contribution in [2.75, 3.05) is 6.54 Å². The molecule has 0 aliphatic rings. The van der Waals surface area contributed by atoms with E-state index in [0.717, 1.165) is 18.4 Å². The van der Waals surface area contributed by atoms with Gasteiger partial charge in [-0.15, -0.1) is 5.10 Å². The predicted octanol–water partition coefficient (Wildman–Crippen LogP) is 2.12. The number of para-hydroxylation sites is 1. The van der Waals surface area contributed by atoms with E-state index in [0.29, 0.717) is 25.2 Å². The van der Waals surface area contributed by atoms with E-state index < -0.39 is 0 Å². The molecule has 2 N–H and O–H groups in total. The molecule has 0 unspecified atom stereocenters. The van der Waals surface area contributed by atoms with E-state index in [1.165, 1.54) is 20.0 Å². The van der Waals surface area contributed by atoms with Crippen LogP contribution in [0.1, 0.15) is 18.4 Å². The molecule has 0 saturated carbocycles. The summed E-state index contributed by atoms with van der Waals surface area (Å²) in [5.41, 5.74) is 2.76. The number of nitrogens with zero attached hydrogens (tertiary/aromatic N) is 3. The zero-order valence-corrected chi connectivity index (χ0v) is 14.9. The number of carbonyl (C=O) groups excluding carboxylic acids is 1. The zero-order valence-electron chi connectivity index (χ0n) is 14.9. The molecule has 0 spiro atoms. The third-order valence-electron chi connectivity index (χ3n) is 4.66. The van der Waals surface area contributed by atoms with Gasteiger partial charge in [0.25, 0.3) is 0 Å². The van der Waals surface area contributed by atoms with Gasteiger partial charge in [0.2, 0.25) is 5.91 Å². The molecule has 0 aliphatic heterocycles. The Labute approximate surface area is 155 Å². The highest BCUT2D eigenvalue weighted by Gasteiger charge is 2.08. The molecule has 0 radical (unpaired) electrons. The summed E-state index contributed by atoms with van der Waals surface area (Å²) < 4.78 is 2.87. The number of aryl methyl sites for hydroxylation is 1. The van der Waals surface area contributed by atoms with Crippen LogP contribution in [0, 0.1) is 0 Å². The number of pyridine rings is 1. The Morgan fingerprint density at radius 2 is 2.00 bits per heavy atom. The van der Waals surface area contributed by atoms with Crippen LogP contribution < -0.4 is 11.0 Å². The maximum atomic E-state index is 12.2. The molecule has 0 aliphatic carbocycles. The van der Waals surface area contributed by atoms with Crippen molar-refractivity contribution in [1.82, 2.24) is 24.5 Å². The number of carbonyl (C=O) groups is 1. The van der Waals surface area contributed by atoms with Crippen molar-refractivity contribution in [1.29, 1.82) is 0 Å². The van der Waals surface area contributed by atoms with Crippen LogP contribution in [0.5, 0.6) is 0 Å². The number of nitrogens with one attached hydrogen (secondary N) is 2. The third-order valence-corrected chi connectivity index (χ3v) is 4.66. The minimum Gasteiger partial charge on any atom is -0.361 e. The molecule has 138 valence electrons. The van der Waals surface area contributed by atoms with Gasteiger partial charge in [-0.05, 0) is 36.6 Å². The van der Waals surface area contributed by atoms with E-state index in [4.69, 9.17) is 0 Å². The van der Waals surface area contributed by atoms with Crippen LogP contribution in [0.2, 0.25) is 0 Å². The molecule has 7 nitrogen and oxygen atoms in total. The van der Waals surface area contributed by atoms with Crippen LogP contribution in [0.25, 0.3) is 16.6 Å². The molecular formula is C20H21N5O2. The van der Waals surface area contributed by atoms with Crippen LogP contribution in [0.3, 0.4) is 0 Å². The maximum absolute atomic E-state index is 12.2. The molecule has 4 rings (SSSR count). The van der Waals surface area contributed by atoms with Gasteiger partial charge in [-0.3, -0.25) is 9.20 Å². The van der Waals surface area contributed by atoms with Crippen molar-refractivity contribution >= 4 is 22.5 Å². The van der Waals surface area contributed by atoms with E-state index in [-0.39, 0.29) is 11.6 Å². The van der Waals surface area contributed by atoms with Crippen LogP contribution in [-0.2, 0) is 17.8 Å². The molecule has 0 atom stereocenters. The molecule has 1 amide bonds. The molecule has 7 heteroatoms. The SMILES string of the molecule is O=C(CCCc1c[nH]c2ccccc12)NCCn1nc2ccccn2c1=O. The van der Waals surface area contributed by atoms with Gasteiger partial charge in [0.05, 0.1) is 6.54 Å². The Hall–Kier alpha value is -3.35. The second kappa shape index (κ2) is 7.49. The first-order valence-corrected chi connectivity index (χ1v) is 9.08. The van der Waals surface area contributed by atoms with E-state index in [1.807, 2.05) is 30.5 Å². The van der Waals surface area contributed by atoms with E-state index in [9.17, 15) is 9.59 Å². The lowest BCUT2D eigenvalue weighted by Gasteiger charge is -2.04. The van der Waals surface area contributed by atoms with Gasteiger partial charge < -0.3 is 10.3 Å². The summed E-state index contributed by atoms with van der Waals surface area (Å²) in [6.07, 6.45) is 5.79. The maximum Gasteiger partial charge on any atom is 0.350 e. The van der Waals surface area contributed by atoms with Crippen molar-refractivity contribution in [2.45, 2.75) is 25.8 Å². The molecule has 3 aromatic heterocycles. The highest BCUT2D eigenvalue weighted by atomic mass is 16.2. The van der Waals surface area contributed by atoms with Crippen molar-refractivity contribution < 1.29 is 4.79 Å². The highest BCUT2D eigenvalue weighted by Crippen LogP contribution is 2.19. The summed E-state index contributed by atoms with van der Waals surface area (Å²) in [5, 5.41) is 8.32. The van der Waals surface area contributed by atoms with Gasteiger partial charge in [-0.25, -0.2) is 9.48 Å². The largest absolute Gasteiger partial charge is 0.361 e. The fraction of sp³-hybridized carbons (Fsp3) is 0.250. The Morgan fingerprint density at radius 1 is 1.15 bits per heavy atom. The van der Waals surface area contributed by atoms with Crippen molar-refractivity contribution in [3.8, 4) is 0 Å². The van der Waals surface area contributed by atoms with Gasteiger partial charge in [0.1, 0.15) is 0 Å². The molecule has 4 aromatic rings. The average molecular weight is 363 g/mol. The van der Waals surface area contributed by atoms with Gasteiger partial charge in [-0.2, -0.15) is 0 Å². The number of aromatic amines is 1. The normalized spacial score (nSPS) is 11.3. The summed E-state index contributed by atoms with van der Waals surface area (Å²) in [4.78, 5) is 27.5. The minimum atomic E-state index is -0.195. The van der Waals surface area contributed by atoms with E-state index in [1.54, 1.807) is 18.3 Å². The number of fused-ring (bicyclic) bond motifs is 2. The van der Waals surface area contributed by atoms with Crippen molar-refractivity contribution in [2.24, 2.45) is 0 Å². The molecule has 0 saturated heterocycles. The zero-order chi connectivity index (χ0) is 18.6. The third kappa shape index (κ3) is 3.62. The van der Waals surface area contributed by atoms with Gasteiger partial charge >= 0.3 is 5.69 Å². The standard InChI is InChI=1S/C20H21N5O2/c26-19(10-5-6-15-14-22-17-8-2-1-7-16(15)17)21-11-13-25-20(27)24-12-4-3-9-18(24)23-25/h1-4,7-9,12,14,22H,5-6,10-11,13H2,(H,21,26). The smallest absolute Gasteiger partial charge is 0.350 e. The lowest BCUT2D eigenvalue weighted by atomic mass is 10.1. The molecule has 1 aromatic carbocycles. The summed E-state index contributed by atoms with van der Waals surface area (Å²) in [5.74, 6) is -0.00773. The fourth-order valence-electron chi connectivity index (χ4n) is 3.28. The van der Waals surface area contributed by atoms with Crippen LogP contribution in [0.15, 0.2) is 59.7 Å². The van der Waals surface area contributed by atoms with Crippen LogP contribution in [0.4, 0.5) is 0 Å². The first kappa shape index (κ1) is 17.1. The predicted molar refractivity (Wildman–Crippen MR) is 104 cm³/mol. The monoisotopic (exact) mass is 363 g/mol. The lowest BCUT2D eigenvalue weighted by Crippen LogP contribution is -2.31. The lowest BCUT2D eigenvalue weighted by molar-refractivity contribution is -0.121. The molecule has 27 heavy (non-hydrogen) atoms. The summed E-state index contributed by atoms with van der Waals surface area (Å²) in [7, 11) is 0. The summed E-state index contributed by atoms with van der Waals surface area (Å²) >= 11 is 0. The first-order valence-electron chi connectivity index (χ1n) is 9.08. The average Bonchev–Trinajstić information content (AvgIpc) is 3.24. The first-order chi connectivity index (χ1) is 13.2. The quantitative estimate of drug-likeness (QED) is 0.527. The molecule has 3 heterocycles. The second-order valence-electron chi connectivity index (χ2n) is 6.50. The van der Waals surface area contributed by atoms with Crippen LogP contribution >= 0.6 is 0 Å². The summed E-state index contributed by atoms with van der Waals surface area (Å²) in [6, 6.07) is 13.6. The van der Waals surface area contributed by atoms with Crippen molar-refractivity contribution in [3.05, 3.63) is 70.9 Å². The molecular weight excluding hydrogens is 342 g/mol. The Kier molecular flexibility index (Phi) is 4.74. The Bertz CT molecular complexity index is 1140. The molecule has 0 fully saturated rings. The number of H-pyrrole nitrogens is 1. The Morgan fingerprint density at radius 3 is 2.89 bits per heavy atom.